The van der Waals surface area contributed by atoms with Crippen LogP contribution in [0.3, 0.4) is 0 Å². The molecular weight excluding hydrogens is 245 g/mol. The monoisotopic (exact) mass is 260 g/mol. The number of piperidine rings is 1. The van der Waals surface area contributed by atoms with Gasteiger partial charge < -0.3 is 10.0 Å². The van der Waals surface area contributed by atoms with E-state index < -0.39 is 11.7 Å². The molecule has 2 heterocycles. The predicted molar refractivity (Wildman–Crippen MR) is 61.3 cm³/mol. The number of halogens is 3. The topological polar surface area (TPSA) is 36.4 Å². The fourth-order valence-electron chi connectivity index (χ4n) is 2.28. The molecule has 0 aliphatic carbocycles. The van der Waals surface area contributed by atoms with E-state index in [1.807, 2.05) is 0 Å². The second-order valence-corrected chi connectivity index (χ2v) is 4.51. The summed E-state index contributed by atoms with van der Waals surface area (Å²) in [5.41, 5.74) is -0.705. The van der Waals surface area contributed by atoms with Crippen LogP contribution in [0.25, 0.3) is 0 Å². The zero-order valence-corrected chi connectivity index (χ0v) is 9.82. The van der Waals surface area contributed by atoms with Gasteiger partial charge in [-0.1, -0.05) is 0 Å². The number of aliphatic hydroxyl groups excluding tert-OH is 1. The maximum absolute atomic E-state index is 12.9. The molecule has 18 heavy (non-hydrogen) atoms. The van der Waals surface area contributed by atoms with Crippen LogP contribution in [0.15, 0.2) is 18.3 Å². The minimum absolute atomic E-state index is 0.00465. The van der Waals surface area contributed by atoms with Crippen LogP contribution in [0.1, 0.15) is 18.4 Å². The molecule has 1 aliphatic rings. The Balaban J connectivity index is 2.27. The Labute approximate surface area is 103 Å². The number of hydrogen-bond donors (Lipinski definition) is 1. The summed E-state index contributed by atoms with van der Waals surface area (Å²) in [5, 5.41) is 9.12. The predicted octanol–water partition coefficient (Wildman–Crippen LogP) is 2.31. The number of pyridine rings is 1. The standard InChI is InChI=1S/C12H15F3N2O/c13-12(14,15)10-4-1-5-16-11(10)17-6-2-3-9(7-17)8-18/h1,4-5,9,18H,2-3,6-8H2. The first-order valence-electron chi connectivity index (χ1n) is 5.90. The van der Waals surface area contributed by atoms with Crippen molar-refractivity contribution in [1.82, 2.24) is 4.98 Å². The van der Waals surface area contributed by atoms with Gasteiger partial charge in [-0.25, -0.2) is 4.98 Å². The van der Waals surface area contributed by atoms with E-state index in [1.165, 1.54) is 12.3 Å². The van der Waals surface area contributed by atoms with E-state index in [-0.39, 0.29) is 18.3 Å². The molecule has 1 aromatic heterocycles. The molecule has 0 radical (unpaired) electrons. The van der Waals surface area contributed by atoms with E-state index in [9.17, 15) is 13.2 Å². The Bertz CT molecular complexity index is 409. The first kappa shape index (κ1) is 13.1. The molecule has 1 unspecified atom stereocenters. The molecule has 0 aromatic carbocycles. The number of rotatable bonds is 2. The van der Waals surface area contributed by atoms with Gasteiger partial charge in [0.1, 0.15) is 5.82 Å². The van der Waals surface area contributed by atoms with Crippen molar-refractivity contribution in [3.63, 3.8) is 0 Å². The van der Waals surface area contributed by atoms with Gasteiger partial charge in [-0.15, -0.1) is 0 Å². The SMILES string of the molecule is OCC1CCCN(c2ncccc2C(F)(F)F)C1. The van der Waals surface area contributed by atoms with E-state index in [4.69, 9.17) is 5.11 Å². The highest BCUT2D eigenvalue weighted by atomic mass is 19.4. The fraction of sp³-hybridized carbons (Fsp3) is 0.583. The molecule has 1 atom stereocenters. The number of hydrogen-bond acceptors (Lipinski definition) is 3. The van der Waals surface area contributed by atoms with Gasteiger partial charge in [0.25, 0.3) is 0 Å². The van der Waals surface area contributed by atoms with Gasteiger partial charge in [-0.3, -0.25) is 0 Å². The van der Waals surface area contributed by atoms with Gasteiger partial charge in [-0.05, 0) is 30.9 Å². The summed E-state index contributed by atoms with van der Waals surface area (Å²) in [7, 11) is 0. The van der Waals surface area contributed by atoms with E-state index in [1.54, 1.807) is 4.90 Å². The Hall–Kier alpha value is -1.30. The zero-order chi connectivity index (χ0) is 13.2. The second-order valence-electron chi connectivity index (χ2n) is 4.51. The first-order valence-corrected chi connectivity index (χ1v) is 5.90. The lowest BCUT2D eigenvalue weighted by Gasteiger charge is -2.34. The van der Waals surface area contributed by atoms with Crippen molar-refractivity contribution in [2.75, 3.05) is 24.6 Å². The highest BCUT2D eigenvalue weighted by Gasteiger charge is 2.36. The van der Waals surface area contributed by atoms with Crippen LogP contribution in [0.5, 0.6) is 0 Å². The van der Waals surface area contributed by atoms with Crippen LogP contribution in [-0.4, -0.2) is 29.8 Å². The smallest absolute Gasteiger partial charge is 0.396 e. The van der Waals surface area contributed by atoms with Crippen molar-refractivity contribution in [3.05, 3.63) is 23.9 Å². The van der Waals surface area contributed by atoms with Crippen molar-refractivity contribution < 1.29 is 18.3 Å². The van der Waals surface area contributed by atoms with Gasteiger partial charge in [0.15, 0.2) is 0 Å². The van der Waals surface area contributed by atoms with Crippen LogP contribution < -0.4 is 4.90 Å². The number of nitrogens with zero attached hydrogens (tertiary/aromatic N) is 2. The molecule has 1 saturated heterocycles. The second kappa shape index (κ2) is 5.14. The lowest BCUT2D eigenvalue weighted by atomic mass is 9.98. The van der Waals surface area contributed by atoms with Gasteiger partial charge >= 0.3 is 6.18 Å². The third-order valence-electron chi connectivity index (χ3n) is 3.17. The van der Waals surface area contributed by atoms with Crippen molar-refractivity contribution in [2.24, 2.45) is 5.92 Å². The summed E-state index contributed by atoms with van der Waals surface area (Å²) in [6.45, 7) is 0.984. The van der Waals surface area contributed by atoms with Crippen LogP contribution in [0.2, 0.25) is 0 Å². The maximum Gasteiger partial charge on any atom is 0.419 e. The Morgan fingerprint density at radius 2 is 2.22 bits per heavy atom. The lowest BCUT2D eigenvalue weighted by Crippen LogP contribution is -2.38. The molecule has 1 aromatic rings. The summed E-state index contributed by atoms with van der Waals surface area (Å²) in [6.07, 6.45) is -1.40. The van der Waals surface area contributed by atoms with E-state index >= 15 is 0 Å². The third kappa shape index (κ3) is 2.75. The Morgan fingerprint density at radius 3 is 2.89 bits per heavy atom. The van der Waals surface area contributed by atoms with Crippen molar-refractivity contribution in [3.8, 4) is 0 Å². The first-order chi connectivity index (χ1) is 8.52. The molecule has 0 spiro atoms. The van der Waals surface area contributed by atoms with Crippen LogP contribution in [-0.2, 0) is 6.18 Å². The van der Waals surface area contributed by atoms with Crippen LogP contribution in [0.4, 0.5) is 19.0 Å². The number of alkyl halides is 3. The number of aromatic nitrogens is 1. The van der Waals surface area contributed by atoms with Gasteiger partial charge in [0, 0.05) is 25.9 Å². The van der Waals surface area contributed by atoms with Gasteiger partial charge in [0.05, 0.1) is 5.56 Å². The normalized spacial score (nSPS) is 21.1. The zero-order valence-electron chi connectivity index (χ0n) is 9.82. The molecule has 0 amide bonds. The minimum atomic E-state index is -4.39. The summed E-state index contributed by atoms with van der Waals surface area (Å²) < 4.78 is 38.6. The van der Waals surface area contributed by atoms with E-state index in [0.29, 0.717) is 13.1 Å². The lowest BCUT2D eigenvalue weighted by molar-refractivity contribution is -0.137. The van der Waals surface area contributed by atoms with Crippen LogP contribution in [0, 0.1) is 5.92 Å². The van der Waals surface area contributed by atoms with Gasteiger partial charge in [-0.2, -0.15) is 13.2 Å². The van der Waals surface area contributed by atoms with Gasteiger partial charge in [0.2, 0.25) is 0 Å². The molecule has 1 N–H and O–H groups in total. The average Bonchev–Trinajstić information content (AvgIpc) is 2.38. The average molecular weight is 260 g/mol. The van der Waals surface area contributed by atoms with E-state index in [2.05, 4.69) is 4.98 Å². The van der Waals surface area contributed by atoms with E-state index in [0.717, 1.165) is 18.9 Å². The minimum Gasteiger partial charge on any atom is -0.396 e. The summed E-state index contributed by atoms with van der Waals surface area (Å²) >= 11 is 0. The molecule has 1 aliphatic heterocycles. The third-order valence-corrected chi connectivity index (χ3v) is 3.17. The van der Waals surface area contributed by atoms with Crippen molar-refractivity contribution >= 4 is 5.82 Å². The molecule has 0 bridgehead atoms. The molecule has 0 saturated carbocycles. The summed E-state index contributed by atoms with van der Waals surface area (Å²) in [6, 6.07) is 2.34. The quantitative estimate of drug-likeness (QED) is 0.886. The summed E-state index contributed by atoms with van der Waals surface area (Å²) in [5.74, 6) is 0.00462. The Morgan fingerprint density at radius 1 is 1.44 bits per heavy atom. The van der Waals surface area contributed by atoms with Crippen molar-refractivity contribution in [1.29, 1.82) is 0 Å². The highest BCUT2D eigenvalue weighted by molar-refractivity contribution is 5.48. The van der Waals surface area contributed by atoms with Crippen LogP contribution >= 0.6 is 0 Å². The summed E-state index contributed by atoms with van der Waals surface area (Å²) in [4.78, 5) is 5.48. The molecule has 3 nitrogen and oxygen atoms in total. The number of anilines is 1. The molecular formula is C12H15F3N2O. The molecule has 6 heteroatoms. The highest BCUT2D eigenvalue weighted by Crippen LogP contribution is 2.36. The molecule has 2 rings (SSSR count). The molecule has 100 valence electrons. The number of aliphatic hydroxyl groups is 1. The largest absolute Gasteiger partial charge is 0.419 e. The van der Waals surface area contributed by atoms with Crippen molar-refractivity contribution in [2.45, 2.75) is 19.0 Å². The molecule has 1 fully saturated rings. The fourth-order valence-corrected chi connectivity index (χ4v) is 2.28. The maximum atomic E-state index is 12.9. The Kier molecular flexibility index (Phi) is 3.75.